The molecule has 1 amide bonds. The molecule has 2 aromatic rings. The van der Waals surface area contributed by atoms with Crippen molar-refractivity contribution in [1.82, 2.24) is 5.32 Å². The van der Waals surface area contributed by atoms with Gasteiger partial charge in [0.05, 0.1) is 5.56 Å². The first-order valence-corrected chi connectivity index (χ1v) is 10.3. The number of benzene rings is 1. The molecule has 0 radical (unpaired) electrons. The Morgan fingerprint density at radius 2 is 1.88 bits per heavy atom. The largest absolute Gasteiger partial charge is 0.481 e. The summed E-state index contributed by atoms with van der Waals surface area (Å²) < 4.78 is 23.1. The number of carbonyl (C=O) groups excluding carboxylic acids is 1. The first kappa shape index (κ1) is 19.1. The minimum absolute atomic E-state index is 0.0915. The summed E-state index contributed by atoms with van der Waals surface area (Å²) in [4.78, 5) is 24.2. The van der Waals surface area contributed by atoms with Crippen molar-refractivity contribution in [3.63, 3.8) is 0 Å². The Balaban J connectivity index is 2.22. The van der Waals surface area contributed by atoms with Crippen LogP contribution in [0.25, 0.3) is 0 Å². The van der Waals surface area contributed by atoms with Crippen LogP contribution >= 0.6 is 11.3 Å². The molecule has 0 aliphatic carbocycles. The molecule has 0 aliphatic heterocycles. The second-order valence-electron chi connectivity index (χ2n) is 5.72. The number of thiophene rings is 1. The lowest BCUT2D eigenvalue weighted by atomic mass is 9.78. The summed E-state index contributed by atoms with van der Waals surface area (Å²) in [5, 5.41) is 13.8. The summed E-state index contributed by atoms with van der Waals surface area (Å²) in [5.41, 5.74) is -0.437. The molecule has 1 aromatic carbocycles. The lowest BCUT2D eigenvalue weighted by Crippen LogP contribution is -2.46. The van der Waals surface area contributed by atoms with Crippen LogP contribution in [-0.2, 0) is 20.0 Å². The van der Waals surface area contributed by atoms with Gasteiger partial charge in [-0.3, -0.25) is 9.59 Å². The highest BCUT2D eigenvalue weighted by Gasteiger charge is 2.39. The molecule has 2 rings (SSSR count). The molecule has 0 saturated heterocycles. The zero-order valence-electron chi connectivity index (χ0n) is 13.9. The van der Waals surface area contributed by atoms with E-state index in [1.807, 2.05) is 0 Å². The SMILES string of the molecule is CCC(CNC(=O)c1csc(S(C)(=O)=O)c1)(C(=O)O)c1ccccc1. The van der Waals surface area contributed by atoms with E-state index in [0.29, 0.717) is 12.0 Å². The van der Waals surface area contributed by atoms with Gasteiger partial charge in [0.2, 0.25) is 0 Å². The van der Waals surface area contributed by atoms with Crippen molar-refractivity contribution < 1.29 is 23.1 Å². The highest BCUT2D eigenvalue weighted by Crippen LogP contribution is 2.28. The summed E-state index contributed by atoms with van der Waals surface area (Å²) in [5.74, 6) is -1.52. The molecule has 0 aliphatic rings. The maximum Gasteiger partial charge on any atom is 0.315 e. The van der Waals surface area contributed by atoms with Gasteiger partial charge in [0, 0.05) is 18.2 Å². The summed E-state index contributed by atoms with van der Waals surface area (Å²) in [6.45, 7) is 1.66. The van der Waals surface area contributed by atoms with Gasteiger partial charge in [-0.2, -0.15) is 0 Å². The Labute approximate surface area is 150 Å². The van der Waals surface area contributed by atoms with Crippen molar-refractivity contribution in [2.45, 2.75) is 23.0 Å². The van der Waals surface area contributed by atoms with Gasteiger partial charge in [-0.1, -0.05) is 37.3 Å². The van der Waals surface area contributed by atoms with Gasteiger partial charge in [-0.15, -0.1) is 11.3 Å². The molecule has 6 nitrogen and oxygen atoms in total. The first-order valence-electron chi connectivity index (χ1n) is 7.56. The molecular formula is C17H19NO5S2. The van der Waals surface area contributed by atoms with Crippen molar-refractivity contribution in [3.8, 4) is 0 Å². The molecule has 1 heterocycles. The van der Waals surface area contributed by atoms with Gasteiger partial charge in [-0.25, -0.2) is 8.42 Å². The summed E-state index contributed by atoms with van der Waals surface area (Å²) in [7, 11) is -3.38. The molecule has 2 N–H and O–H groups in total. The number of carbonyl (C=O) groups is 2. The second kappa shape index (κ2) is 7.37. The van der Waals surface area contributed by atoms with Crippen LogP contribution in [0.15, 0.2) is 46.0 Å². The number of carboxylic acids is 1. The quantitative estimate of drug-likeness (QED) is 0.766. The van der Waals surface area contributed by atoms with Gasteiger partial charge >= 0.3 is 5.97 Å². The summed E-state index contributed by atoms with van der Waals surface area (Å²) in [6, 6.07) is 10.0. The van der Waals surface area contributed by atoms with Crippen LogP contribution in [0, 0.1) is 0 Å². The van der Waals surface area contributed by atoms with E-state index in [2.05, 4.69) is 5.32 Å². The Bertz CT molecular complexity index is 873. The van der Waals surface area contributed by atoms with Crippen molar-refractivity contribution in [2.75, 3.05) is 12.8 Å². The van der Waals surface area contributed by atoms with Crippen LogP contribution in [0.5, 0.6) is 0 Å². The van der Waals surface area contributed by atoms with E-state index in [0.717, 1.165) is 17.6 Å². The van der Waals surface area contributed by atoms with Crippen LogP contribution in [-0.4, -0.2) is 38.2 Å². The predicted molar refractivity (Wildman–Crippen MR) is 95.8 cm³/mol. The van der Waals surface area contributed by atoms with Gasteiger partial charge < -0.3 is 10.4 Å². The van der Waals surface area contributed by atoms with E-state index >= 15 is 0 Å². The Morgan fingerprint density at radius 1 is 1.24 bits per heavy atom. The molecule has 1 atom stereocenters. The normalized spacial score (nSPS) is 13.8. The van der Waals surface area contributed by atoms with Crippen LogP contribution < -0.4 is 5.32 Å². The maximum atomic E-state index is 12.3. The van der Waals surface area contributed by atoms with Gasteiger partial charge in [0.1, 0.15) is 9.62 Å². The third-order valence-electron chi connectivity index (χ3n) is 4.09. The van der Waals surface area contributed by atoms with E-state index in [1.54, 1.807) is 37.3 Å². The fraction of sp³-hybridized carbons (Fsp3) is 0.294. The molecule has 0 bridgehead atoms. The van der Waals surface area contributed by atoms with Gasteiger partial charge in [-0.05, 0) is 18.1 Å². The van der Waals surface area contributed by atoms with E-state index < -0.39 is 27.1 Å². The number of amides is 1. The fourth-order valence-corrected chi connectivity index (χ4v) is 4.30. The highest BCUT2D eigenvalue weighted by molar-refractivity contribution is 7.92. The maximum absolute atomic E-state index is 12.3. The molecule has 8 heteroatoms. The Hall–Kier alpha value is -2.19. The van der Waals surface area contributed by atoms with Gasteiger partial charge in [0.15, 0.2) is 9.84 Å². The van der Waals surface area contributed by atoms with Crippen LogP contribution in [0.4, 0.5) is 0 Å². The molecule has 0 saturated carbocycles. The van der Waals surface area contributed by atoms with Crippen molar-refractivity contribution in [3.05, 3.63) is 52.9 Å². The van der Waals surface area contributed by atoms with E-state index in [1.165, 1.54) is 11.4 Å². The van der Waals surface area contributed by atoms with Crippen LogP contribution in [0.3, 0.4) is 0 Å². The lowest BCUT2D eigenvalue weighted by molar-refractivity contribution is -0.143. The third-order valence-corrected chi connectivity index (χ3v) is 6.86. The number of hydrogen-bond acceptors (Lipinski definition) is 5. The topological polar surface area (TPSA) is 101 Å². The monoisotopic (exact) mass is 381 g/mol. The molecule has 0 spiro atoms. The Kier molecular flexibility index (Phi) is 5.64. The zero-order chi connectivity index (χ0) is 18.7. The molecule has 134 valence electrons. The first-order chi connectivity index (χ1) is 11.7. The lowest BCUT2D eigenvalue weighted by Gasteiger charge is -2.29. The third kappa shape index (κ3) is 4.08. The molecular weight excluding hydrogens is 362 g/mol. The summed E-state index contributed by atoms with van der Waals surface area (Å²) >= 11 is 0.961. The number of nitrogens with one attached hydrogen (secondary N) is 1. The summed E-state index contributed by atoms with van der Waals surface area (Å²) in [6.07, 6.45) is 1.37. The average Bonchev–Trinajstić information content (AvgIpc) is 3.07. The van der Waals surface area contributed by atoms with E-state index in [9.17, 15) is 23.1 Å². The van der Waals surface area contributed by atoms with E-state index in [-0.39, 0.29) is 16.3 Å². The van der Waals surface area contributed by atoms with Crippen molar-refractivity contribution >= 4 is 33.1 Å². The molecule has 1 aromatic heterocycles. The number of carboxylic acid groups (broad SMARTS) is 1. The molecule has 1 unspecified atom stereocenters. The molecule has 0 fully saturated rings. The minimum Gasteiger partial charge on any atom is -0.481 e. The average molecular weight is 381 g/mol. The van der Waals surface area contributed by atoms with Crippen LogP contribution in [0.1, 0.15) is 29.3 Å². The van der Waals surface area contributed by atoms with Crippen molar-refractivity contribution in [1.29, 1.82) is 0 Å². The number of rotatable bonds is 7. The number of hydrogen-bond donors (Lipinski definition) is 2. The minimum atomic E-state index is -3.38. The smallest absolute Gasteiger partial charge is 0.315 e. The van der Waals surface area contributed by atoms with Gasteiger partial charge in [0.25, 0.3) is 5.91 Å². The molecule has 25 heavy (non-hydrogen) atoms. The second-order valence-corrected chi connectivity index (χ2v) is 8.87. The van der Waals surface area contributed by atoms with E-state index in [4.69, 9.17) is 0 Å². The number of sulfone groups is 1. The van der Waals surface area contributed by atoms with Crippen LogP contribution in [0.2, 0.25) is 0 Å². The highest BCUT2D eigenvalue weighted by atomic mass is 32.2. The Morgan fingerprint density at radius 3 is 2.36 bits per heavy atom. The predicted octanol–water partition coefficient (Wildman–Crippen LogP) is 2.31. The fourth-order valence-electron chi connectivity index (χ4n) is 2.50. The zero-order valence-corrected chi connectivity index (χ0v) is 15.5. The standard InChI is InChI=1S/C17H19NO5S2/c1-3-17(16(20)21,13-7-5-4-6-8-13)11-18-15(19)12-9-14(24-10-12)25(2,22)23/h4-10H,3,11H2,1-2H3,(H,18,19)(H,20,21). The van der Waals surface area contributed by atoms with Crippen molar-refractivity contribution in [2.24, 2.45) is 0 Å². The number of aliphatic carboxylic acids is 1.